The smallest absolute Gasteiger partial charge is 0.343 e. The number of amides is 1. The highest BCUT2D eigenvalue weighted by Gasteiger charge is 2.15. The van der Waals surface area contributed by atoms with Gasteiger partial charge < -0.3 is 19.5 Å². The van der Waals surface area contributed by atoms with Gasteiger partial charge in [-0.25, -0.2) is 4.79 Å². The van der Waals surface area contributed by atoms with Crippen LogP contribution in [0.15, 0.2) is 46.4 Å². The van der Waals surface area contributed by atoms with Crippen LogP contribution in [0.1, 0.15) is 5.56 Å². The summed E-state index contributed by atoms with van der Waals surface area (Å²) in [6, 6.07) is 11.6. The van der Waals surface area contributed by atoms with Gasteiger partial charge in [0.15, 0.2) is 18.1 Å². The van der Waals surface area contributed by atoms with E-state index in [1.165, 1.54) is 20.3 Å². The fourth-order valence-corrected chi connectivity index (χ4v) is 2.90. The lowest BCUT2D eigenvalue weighted by Crippen LogP contribution is -2.14. The molecule has 9 heteroatoms. The molecule has 0 aliphatic heterocycles. The predicted octanol–water partition coefficient (Wildman–Crippen LogP) is 4.21. The van der Waals surface area contributed by atoms with Crippen LogP contribution < -0.4 is 14.8 Å². The largest absolute Gasteiger partial charge is 0.493 e. The summed E-state index contributed by atoms with van der Waals surface area (Å²) >= 11 is 9.16. The molecule has 0 aliphatic rings. The van der Waals surface area contributed by atoms with E-state index in [9.17, 15) is 14.9 Å². The second-order valence-corrected chi connectivity index (χ2v) is 6.82. The first kappa shape index (κ1) is 22.3. The number of nitriles is 1. The lowest BCUT2D eigenvalue weighted by atomic mass is 10.1. The summed E-state index contributed by atoms with van der Waals surface area (Å²) in [5.41, 5.74) is 0.907. The van der Waals surface area contributed by atoms with Gasteiger partial charge in [0.25, 0.3) is 5.91 Å². The Morgan fingerprint density at radius 3 is 2.52 bits per heavy atom. The Labute approximate surface area is 180 Å². The third-order valence-corrected chi connectivity index (χ3v) is 4.43. The summed E-state index contributed by atoms with van der Waals surface area (Å²) in [5.74, 6) is -0.520. The highest BCUT2D eigenvalue weighted by molar-refractivity contribution is 9.10. The number of hydrogen-bond donors (Lipinski definition) is 1. The maximum Gasteiger partial charge on any atom is 0.343 e. The van der Waals surface area contributed by atoms with Crippen molar-refractivity contribution < 1.29 is 23.8 Å². The number of ether oxygens (including phenoxy) is 3. The number of esters is 1. The van der Waals surface area contributed by atoms with E-state index in [-0.39, 0.29) is 12.2 Å². The lowest BCUT2D eigenvalue weighted by molar-refractivity contribution is -0.142. The molecule has 1 N–H and O–H groups in total. The number of methoxy groups -OCH3 is 2. The number of carbonyl (C=O) groups excluding carboxylic acids is 2. The fourth-order valence-electron chi connectivity index (χ4n) is 2.20. The van der Waals surface area contributed by atoms with Crippen LogP contribution in [0.3, 0.4) is 0 Å². The molecule has 2 aromatic rings. The molecule has 2 aromatic carbocycles. The summed E-state index contributed by atoms with van der Waals surface area (Å²) in [7, 11) is 2.68. The van der Waals surface area contributed by atoms with E-state index in [4.69, 9.17) is 21.1 Å². The van der Waals surface area contributed by atoms with E-state index in [2.05, 4.69) is 26.0 Å². The van der Waals surface area contributed by atoms with Crippen molar-refractivity contribution in [3.8, 4) is 17.6 Å². The van der Waals surface area contributed by atoms with Crippen LogP contribution in [0.5, 0.6) is 11.5 Å². The monoisotopic (exact) mass is 478 g/mol. The van der Waals surface area contributed by atoms with E-state index < -0.39 is 11.9 Å². The van der Waals surface area contributed by atoms with Crippen molar-refractivity contribution in [1.82, 2.24) is 0 Å². The SMILES string of the molecule is COC(=O)COc1c(Br)cc(/C=C(/C#N)C(=O)Nc2ccc(Cl)cc2)cc1OC. The van der Waals surface area contributed by atoms with Crippen LogP contribution in [0, 0.1) is 11.3 Å². The van der Waals surface area contributed by atoms with E-state index in [1.54, 1.807) is 36.4 Å². The van der Waals surface area contributed by atoms with Crippen LogP contribution in [-0.4, -0.2) is 32.7 Å². The minimum Gasteiger partial charge on any atom is -0.493 e. The Hall–Kier alpha value is -3.02. The topological polar surface area (TPSA) is 97.7 Å². The molecule has 0 bridgehead atoms. The Morgan fingerprint density at radius 2 is 1.93 bits per heavy atom. The van der Waals surface area contributed by atoms with E-state index in [1.807, 2.05) is 6.07 Å². The molecule has 0 radical (unpaired) electrons. The van der Waals surface area contributed by atoms with Gasteiger partial charge in [-0.05, 0) is 64.0 Å². The Kier molecular flexibility index (Phi) is 8.07. The Balaban J connectivity index is 2.26. The van der Waals surface area contributed by atoms with Crippen molar-refractivity contribution in [3.05, 3.63) is 57.0 Å². The van der Waals surface area contributed by atoms with Crippen LogP contribution in [0.2, 0.25) is 5.02 Å². The molecule has 29 heavy (non-hydrogen) atoms. The fraction of sp³-hybridized carbons (Fsp3) is 0.150. The maximum absolute atomic E-state index is 12.4. The van der Waals surface area contributed by atoms with Crippen LogP contribution >= 0.6 is 27.5 Å². The molecule has 0 atom stereocenters. The first-order valence-electron chi connectivity index (χ1n) is 8.13. The Morgan fingerprint density at radius 1 is 1.24 bits per heavy atom. The van der Waals surface area contributed by atoms with E-state index in [0.29, 0.717) is 32.2 Å². The Bertz CT molecular complexity index is 984. The molecular formula is C20H16BrClN2O5. The molecule has 0 saturated heterocycles. The van der Waals surface area contributed by atoms with Crippen molar-refractivity contribution in [2.75, 3.05) is 26.1 Å². The van der Waals surface area contributed by atoms with Gasteiger partial charge in [0, 0.05) is 10.7 Å². The molecule has 0 aromatic heterocycles. The molecular weight excluding hydrogens is 464 g/mol. The van der Waals surface area contributed by atoms with Crippen molar-refractivity contribution in [1.29, 1.82) is 5.26 Å². The quantitative estimate of drug-likeness (QED) is 0.363. The van der Waals surface area contributed by atoms with Crippen LogP contribution in [0.25, 0.3) is 6.08 Å². The number of carbonyl (C=O) groups is 2. The number of rotatable bonds is 7. The lowest BCUT2D eigenvalue weighted by Gasteiger charge is -2.13. The number of nitrogens with zero attached hydrogens (tertiary/aromatic N) is 1. The normalized spacial score (nSPS) is 10.7. The van der Waals surface area contributed by atoms with Crippen LogP contribution in [0.4, 0.5) is 5.69 Å². The second kappa shape index (κ2) is 10.5. The van der Waals surface area contributed by atoms with Gasteiger partial charge in [-0.15, -0.1) is 0 Å². The summed E-state index contributed by atoms with van der Waals surface area (Å²) in [6.07, 6.45) is 1.41. The number of hydrogen-bond acceptors (Lipinski definition) is 6. The molecule has 0 spiro atoms. The van der Waals surface area contributed by atoms with Crippen molar-refractivity contribution in [3.63, 3.8) is 0 Å². The summed E-state index contributed by atoms with van der Waals surface area (Å²) in [4.78, 5) is 23.7. The molecule has 0 aliphatic carbocycles. The minimum atomic E-state index is -0.573. The molecule has 7 nitrogen and oxygen atoms in total. The highest BCUT2D eigenvalue weighted by Crippen LogP contribution is 2.37. The highest BCUT2D eigenvalue weighted by atomic mass is 79.9. The predicted molar refractivity (Wildman–Crippen MR) is 112 cm³/mol. The molecule has 2 rings (SSSR count). The zero-order chi connectivity index (χ0) is 21.4. The molecule has 0 heterocycles. The summed E-state index contributed by atoms with van der Waals surface area (Å²) in [6.45, 7) is -0.298. The van der Waals surface area contributed by atoms with Crippen molar-refractivity contribution in [2.24, 2.45) is 0 Å². The molecule has 0 unspecified atom stereocenters. The summed E-state index contributed by atoms with van der Waals surface area (Å²) in [5, 5.41) is 12.5. The van der Waals surface area contributed by atoms with Gasteiger partial charge in [0.1, 0.15) is 11.6 Å². The van der Waals surface area contributed by atoms with Gasteiger partial charge in [-0.2, -0.15) is 5.26 Å². The number of anilines is 1. The molecule has 0 fully saturated rings. The zero-order valence-electron chi connectivity index (χ0n) is 15.5. The van der Waals surface area contributed by atoms with Crippen LogP contribution in [-0.2, 0) is 14.3 Å². The number of nitrogens with one attached hydrogen (secondary N) is 1. The van der Waals surface area contributed by atoms with E-state index in [0.717, 1.165) is 0 Å². The van der Waals surface area contributed by atoms with Gasteiger partial charge in [-0.1, -0.05) is 11.6 Å². The van der Waals surface area contributed by atoms with Crippen molar-refractivity contribution in [2.45, 2.75) is 0 Å². The molecule has 1 amide bonds. The number of benzene rings is 2. The average molecular weight is 480 g/mol. The maximum atomic E-state index is 12.4. The average Bonchev–Trinajstić information content (AvgIpc) is 2.72. The third-order valence-electron chi connectivity index (χ3n) is 3.59. The third kappa shape index (κ3) is 6.24. The van der Waals surface area contributed by atoms with E-state index >= 15 is 0 Å². The molecule has 0 saturated carbocycles. The first-order chi connectivity index (χ1) is 13.9. The standard InChI is InChI=1S/C20H16BrClN2O5/c1-27-17-9-12(8-16(21)19(17)29-11-18(25)28-2)7-13(10-23)20(26)24-15-5-3-14(22)4-6-15/h3-9H,11H2,1-2H3,(H,24,26)/b13-7-. The van der Waals surface area contributed by atoms with Gasteiger partial charge in [0.05, 0.1) is 18.7 Å². The first-order valence-corrected chi connectivity index (χ1v) is 9.31. The summed E-state index contributed by atoms with van der Waals surface area (Å²) < 4.78 is 15.7. The molecule has 150 valence electrons. The number of halogens is 2. The zero-order valence-corrected chi connectivity index (χ0v) is 17.8. The van der Waals surface area contributed by atoms with Gasteiger partial charge in [0.2, 0.25) is 0 Å². The van der Waals surface area contributed by atoms with Gasteiger partial charge >= 0.3 is 5.97 Å². The van der Waals surface area contributed by atoms with Gasteiger partial charge in [-0.3, -0.25) is 4.79 Å². The second-order valence-electron chi connectivity index (χ2n) is 5.53. The van der Waals surface area contributed by atoms with Crippen molar-refractivity contribution >= 4 is 51.2 Å². The minimum absolute atomic E-state index is 0.114.